The first-order valence-corrected chi connectivity index (χ1v) is 11.2. The lowest BCUT2D eigenvalue weighted by Crippen LogP contribution is -2.17. The fourth-order valence-corrected chi connectivity index (χ4v) is 5.05. The Morgan fingerprint density at radius 2 is 1.81 bits per heavy atom. The van der Waals surface area contributed by atoms with E-state index < -0.39 is 21.9 Å². The number of aromatic nitrogens is 4. The van der Waals surface area contributed by atoms with E-state index in [2.05, 4.69) is 20.3 Å². The molecule has 0 radical (unpaired) electrons. The van der Waals surface area contributed by atoms with E-state index in [1.807, 2.05) is 0 Å². The Kier molecular flexibility index (Phi) is 5.55. The highest BCUT2D eigenvalue weighted by Gasteiger charge is 2.32. The lowest BCUT2D eigenvalue weighted by Gasteiger charge is -2.11. The average molecular weight is 482 g/mol. The fraction of sp³-hybridized carbons (Fsp3) is 0.150. The number of pyridine rings is 1. The van der Waals surface area contributed by atoms with Crippen LogP contribution in [0.1, 0.15) is 17.0 Å². The molecule has 166 valence electrons. The summed E-state index contributed by atoms with van der Waals surface area (Å²) in [5.41, 5.74) is -0.0740. The van der Waals surface area contributed by atoms with Gasteiger partial charge in [-0.1, -0.05) is 30.3 Å². The first-order chi connectivity index (χ1) is 15.0. The number of hydrogen-bond acceptors (Lipinski definition) is 6. The van der Waals surface area contributed by atoms with Gasteiger partial charge in [0.25, 0.3) is 0 Å². The molecular weight excluding hydrogens is 467 g/mol. The van der Waals surface area contributed by atoms with E-state index in [9.17, 15) is 21.6 Å². The Balaban J connectivity index is 1.79. The van der Waals surface area contributed by atoms with E-state index in [0.717, 1.165) is 16.2 Å². The molecule has 0 bridgehead atoms. The van der Waals surface area contributed by atoms with E-state index in [1.54, 1.807) is 37.3 Å². The monoisotopic (exact) mass is 481 g/mol. The van der Waals surface area contributed by atoms with Crippen LogP contribution in [0, 0.1) is 6.92 Å². The molecule has 0 saturated carbocycles. The highest BCUT2D eigenvalue weighted by Crippen LogP contribution is 2.32. The molecule has 0 atom stereocenters. The van der Waals surface area contributed by atoms with Gasteiger partial charge in [-0.05, 0) is 42.3 Å². The standard InChI is InChI=1S/C20H15ClF3N5O2S/c1-12-9-15-17(26-14-7-8-25-16(10-14)20(22,23)24)27-19(21)28-18(15)29(12)32(30,31)11-13-5-3-2-4-6-13/h2-10H,11H2,1H3,(H,25,26,27,28). The smallest absolute Gasteiger partial charge is 0.339 e. The number of anilines is 2. The predicted octanol–water partition coefficient (Wildman–Crippen LogP) is 4.93. The van der Waals surface area contributed by atoms with Gasteiger partial charge in [-0.3, -0.25) is 4.98 Å². The molecular formula is C20H15ClF3N5O2S. The summed E-state index contributed by atoms with van der Waals surface area (Å²) >= 11 is 6.02. The largest absolute Gasteiger partial charge is 0.433 e. The normalized spacial score (nSPS) is 12.3. The van der Waals surface area contributed by atoms with Crippen LogP contribution in [0.15, 0.2) is 54.7 Å². The molecule has 1 aromatic carbocycles. The molecule has 0 unspecified atom stereocenters. The van der Waals surface area contributed by atoms with Crippen molar-refractivity contribution in [3.8, 4) is 0 Å². The second kappa shape index (κ2) is 8.06. The van der Waals surface area contributed by atoms with Crippen LogP contribution in [0.4, 0.5) is 24.7 Å². The van der Waals surface area contributed by atoms with Crippen LogP contribution in [0.3, 0.4) is 0 Å². The lowest BCUT2D eigenvalue weighted by molar-refractivity contribution is -0.141. The Hall–Kier alpha value is -3.18. The van der Waals surface area contributed by atoms with Crippen molar-refractivity contribution < 1.29 is 21.6 Å². The number of hydrogen-bond donors (Lipinski definition) is 1. The van der Waals surface area contributed by atoms with Gasteiger partial charge in [-0.15, -0.1) is 0 Å². The predicted molar refractivity (Wildman–Crippen MR) is 114 cm³/mol. The van der Waals surface area contributed by atoms with Crippen molar-refractivity contribution in [1.29, 1.82) is 0 Å². The van der Waals surface area contributed by atoms with Gasteiger partial charge >= 0.3 is 6.18 Å². The third-order valence-electron chi connectivity index (χ3n) is 4.55. The van der Waals surface area contributed by atoms with Crippen LogP contribution in [-0.4, -0.2) is 27.3 Å². The first-order valence-electron chi connectivity index (χ1n) is 9.17. The number of nitrogens with zero attached hydrogens (tertiary/aromatic N) is 4. The molecule has 3 aromatic heterocycles. The van der Waals surface area contributed by atoms with Gasteiger partial charge in [0.1, 0.15) is 11.5 Å². The summed E-state index contributed by atoms with van der Waals surface area (Å²) in [6, 6.07) is 12.3. The molecule has 1 N–H and O–H groups in total. The van der Waals surface area contributed by atoms with E-state index in [0.29, 0.717) is 11.3 Å². The Labute approximate surface area is 186 Å². The quantitative estimate of drug-likeness (QED) is 0.406. The number of rotatable bonds is 5. The Morgan fingerprint density at radius 1 is 1.09 bits per heavy atom. The third-order valence-corrected chi connectivity index (χ3v) is 6.43. The first kappa shape index (κ1) is 22.0. The van der Waals surface area contributed by atoms with Crippen molar-refractivity contribution in [1.82, 2.24) is 18.9 Å². The third kappa shape index (κ3) is 4.39. The molecule has 12 heteroatoms. The maximum absolute atomic E-state index is 13.1. The topological polar surface area (TPSA) is 89.8 Å². The number of halogens is 4. The molecule has 0 aliphatic rings. The molecule has 32 heavy (non-hydrogen) atoms. The summed E-state index contributed by atoms with van der Waals surface area (Å²) in [7, 11) is -3.88. The summed E-state index contributed by atoms with van der Waals surface area (Å²) in [5.74, 6) is -0.210. The molecule has 0 saturated heterocycles. The maximum atomic E-state index is 13.1. The molecule has 4 aromatic rings. The van der Waals surface area contributed by atoms with Crippen LogP contribution in [-0.2, 0) is 22.0 Å². The van der Waals surface area contributed by atoms with Crippen molar-refractivity contribution in [2.24, 2.45) is 0 Å². The van der Waals surface area contributed by atoms with Crippen LogP contribution < -0.4 is 5.32 Å². The van der Waals surface area contributed by atoms with Gasteiger partial charge in [0.15, 0.2) is 5.65 Å². The summed E-state index contributed by atoms with van der Waals surface area (Å²) in [4.78, 5) is 11.4. The van der Waals surface area contributed by atoms with Crippen LogP contribution in [0.25, 0.3) is 11.0 Å². The zero-order chi connectivity index (χ0) is 23.1. The zero-order valence-electron chi connectivity index (χ0n) is 16.4. The lowest BCUT2D eigenvalue weighted by atomic mass is 10.2. The second-order valence-corrected chi connectivity index (χ2v) is 9.08. The van der Waals surface area contributed by atoms with Crippen molar-refractivity contribution in [3.05, 3.63) is 77.0 Å². The number of aryl methyl sites for hydroxylation is 1. The Bertz CT molecular complexity index is 1410. The molecule has 3 heterocycles. The fourth-order valence-electron chi connectivity index (χ4n) is 3.25. The van der Waals surface area contributed by atoms with E-state index >= 15 is 0 Å². The highest BCUT2D eigenvalue weighted by molar-refractivity contribution is 7.89. The molecule has 0 aliphatic carbocycles. The van der Waals surface area contributed by atoms with Crippen molar-refractivity contribution >= 4 is 44.2 Å². The summed E-state index contributed by atoms with van der Waals surface area (Å²) in [6.07, 6.45) is -3.62. The number of nitrogens with one attached hydrogen (secondary N) is 1. The minimum absolute atomic E-state index is 0.0195. The van der Waals surface area contributed by atoms with Gasteiger partial charge in [0, 0.05) is 17.6 Å². The van der Waals surface area contributed by atoms with Gasteiger partial charge < -0.3 is 5.32 Å². The second-order valence-electron chi connectivity index (χ2n) is 6.92. The van der Waals surface area contributed by atoms with Gasteiger partial charge in [-0.2, -0.15) is 23.1 Å². The van der Waals surface area contributed by atoms with Crippen molar-refractivity contribution in [2.45, 2.75) is 18.9 Å². The van der Waals surface area contributed by atoms with Crippen LogP contribution in [0.5, 0.6) is 0 Å². The molecule has 0 amide bonds. The van der Waals surface area contributed by atoms with Crippen LogP contribution >= 0.6 is 11.6 Å². The van der Waals surface area contributed by atoms with Gasteiger partial charge in [0.05, 0.1) is 11.1 Å². The van der Waals surface area contributed by atoms with Crippen LogP contribution in [0.2, 0.25) is 5.28 Å². The molecule has 0 aliphatic heterocycles. The number of benzene rings is 1. The number of alkyl halides is 3. The van der Waals surface area contributed by atoms with E-state index in [4.69, 9.17) is 11.6 Å². The Morgan fingerprint density at radius 3 is 2.50 bits per heavy atom. The minimum Gasteiger partial charge on any atom is -0.339 e. The zero-order valence-corrected chi connectivity index (χ0v) is 18.0. The molecule has 0 fully saturated rings. The van der Waals surface area contributed by atoms with E-state index in [-0.39, 0.29) is 33.6 Å². The average Bonchev–Trinajstić information content (AvgIpc) is 3.05. The van der Waals surface area contributed by atoms with Crippen molar-refractivity contribution in [3.63, 3.8) is 0 Å². The summed E-state index contributed by atoms with van der Waals surface area (Å²) in [6.45, 7) is 1.58. The number of fused-ring (bicyclic) bond motifs is 1. The molecule has 4 rings (SSSR count). The van der Waals surface area contributed by atoms with Crippen molar-refractivity contribution in [2.75, 3.05) is 5.32 Å². The SMILES string of the molecule is Cc1cc2c(Nc3ccnc(C(F)(F)F)c3)nc(Cl)nc2n1S(=O)(=O)Cc1ccccc1. The maximum Gasteiger partial charge on any atom is 0.433 e. The molecule has 0 spiro atoms. The summed E-state index contributed by atoms with van der Waals surface area (Å²) in [5, 5.41) is 2.78. The minimum atomic E-state index is -4.62. The highest BCUT2D eigenvalue weighted by atomic mass is 35.5. The summed E-state index contributed by atoms with van der Waals surface area (Å²) < 4.78 is 66.3. The van der Waals surface area contributed by atoms with Gasteiger partial charge in [0.2, 0.25) is 15.3 Å². The van der Waals surface area contributed by atoms with Gasteiger partial charge in [-0.25, -0.2) is 12.4 Å². The molecule has 7 nitrogen and oxygen atoms in total. The van der Waals surface area contributed by atoms with E-state index in [1.165, 1.54) is 12.1 Å².